The molecule has 160 valence electrons. The number of hydrogen-bond donors (Lipinski definition) is 3. The molecular formula is C21H30N2O5S. The fourth-order valence-corrected chi connectivity index (χ4v) is 3.98. The number of nitrogens with two attached hydrogens (primary N) is 1. The van der Waals surface area contributed by atoms with Gasteiger partial charge in [0.2, 0.25) is 5.91 Å². The first-order valence-electron chi connectivity index (χ1n) is 10.1. The number of Topliss-reactive ketones (excluding diaryl/α,β-unsaturated/α-hetero) is 1. The van der Waals surface area contributed by atoms with Gasteiger partial charge in [0, 0.05) is 30.0 Å². The molecule has 0 radical (unpaired) electrons. The predicted octanol–water partition coefficient (Wildman–Crippen LogP) is 3.73. The Balaban J connectivity index is 1.68. The number of nitrogens with one attached hydrogen (secondary N) is 1. The number of carbonyl (C=O) groups excluding carboxylic acids is 2. The van der Waals surface area contributed by atoms with E-state index in [9.17, 15) is 14.4 Å². The third kappa shape index (κ3) is 9.32. The summed E-state index contributed by atoms with van der Waals surface area (Å²) in [4.78, 5) is 34.8. The van der Waals surface area contributed by atoms with Crippen LogP contribution >= 0.6 is 11.8 Å². The maximum atomic E-state index is 12.1. The van der Waals surface area contributed by atoms with Crippen LogP contribution in [-0.4, -0.2) is 47.0 Å². The summed E-state index contributed by atoms with van der Waals surface area (Å²) < 4.78 is 5.87. The molecule has 0 unspecified atom stereocenters. The maximum absolute atomic E-state index is 12.1. The molecule has 8 heteroatoms. The van der Waals surface area contributed by atoms with Crippen LogP contribution in [0, 0.1) is 0 Å². The summed E-state index contributed by atoms with van der Waals surface area (Å²) in [6, 6.07) is 4.59. The third-order valence-corrected chi connectivity index (χ3v) is 5.74. The highest BCUT2D eigenvalue weighted by Crippen LogP contribution is 2.21. The molecule has 2 rings (SSSR count). The molecule has 0 saturated heterocycles. The van der Waals surface area contributed by atoms with E-state index in [4.69, 9.17) is 15.6 Å². The van der Waals surface area contributed by atoms with Gasteiger partial charge in [0.25, 0.3) is 0 Å². The van der Waals surface area contributed by atoms with Gasteiger partial charge < -0.3 is 20.9 Å². The summed E-state index contributed by atoms with van der Waals surface area (Å²) in [5.41, 5.74) is 6.89. The number of thioether (sulfide) groups is 1. The largest absolute Gasteiger partial charge is 0.481 e. The molecule has 0 bridgehead atoms. The van der Waals surface area contributed by atoms with Crippen LogP contribution < -0.4 is 11.1 Å². The Bertz CT molecular complexity index is 704. The molecule has 4 N–H and O–H groups in total. The molecule has 1 aromatic carbocycles. The number of rotatable bonds is 12. The van der Waals surface area contributed by atoms with Crippen molar-refractivity contribution in [3.8, 4) is 0 Å². The van der Waals surface area contributed by atoms with Crippen LogP contribution in [0.4, 0.5) is 11.4 Å². The van der Waals surface area contributed by atoms with E-state index in [1.807, 2.05) is 0 Å². The van der Waals surface area contributed by atoms with Crippen LogP contribution in [0.2, 0.25) is 0 Å². The Morgan fingerprint density at radius 2 is 1.90 bits per heavy atom. The topological polar surface area (TPSA) is 119 Å². The van der Waals surface area contributed by atoms with Crippen molar-refractivity contribution in [2.24, 2.45) is 0 Å². The zero-order chi connectivity index (χ0) is 21.1. The molecule has 1 aromatic rings. The van der Waals surface area contributed by atoms with Crippen molar-refractivity contribution < 1.29 is 24.2 Å². The van der Waals surface area contributed by atoms with Crippen LogP contribution in [-0.2, 0) is 14.3 Å². The molecular weight excluding hydrogens is 392 g/mol. The van der Waals surface area contributed by atoms with Gasteiger partial charge in [0.1, 0.15) is 0 Å². The van der Waals surface area contributed by atoms with Crippen LogP contribution in [0.15, 0.2) is 18.2 Å². The van der Waals surface area contributed by atoms with E-state index in [0.29, 0.717) is 28.8 Å². The van der Waals surface area contributed by atoms with Crippen LogP contribution in [0.5, 0.6) is 0 Å². The van der Waals surface area contributed by atoms with Crippen molar-refractivity contribution in [2.45, 2.75) is 57.5 Å². The molecule has 29 heavy (non-hydrogen) atoms. The van der Waals surface area contributed by atoms with Crippen LogP contribution in [0.3, 0.4) is 0 Å². The van der Waals surface area contributed by atoms with Gasteiger partial charge in [-0.1, -0.05) is 19.3 Å². The summed E-state index contributed by atoms with van der Waals surface area (Å²) in [5.74, 6) is -0.367. The number of carbonyl (C=O) groups is 3. The molecule has 1 aliphatic carbocycles. The second-order valence-electron chi connectivity index (χ2n) is 7.25. The Kier molecular flexibility index (Phi) is 10.0. The minimum absolute atomic E-state index is 0.106. The van der Waals surface area contributed by atoms with Crippen molar-refractivity contribution in [1.29, 1.82) is 0 Å². The number of ketones is 1. The molecule has 0 heterocycles. The van der Waals surface area contributed by atoms with E-state index >= 15 is 0 Å². The lowest BCUT2D eigenvalue weighted by molar-refractivity contribution is -0.137. The number of amides is 1. The quantitative estimate of drug-likeness (QED) is 0.267. The zero-order valence-corrected chi connectivity index (χ0v) is 17.5. The molecule has 1 aliphatic rings. The summed E-state index contributed by atoms with van der Waals surface area (Å²) in [6.45, 7) is 0.732. The van der Waals surface area contributed by atoms with Crippen molar-refractivity contribution in [2.75, 3.05) is 29.2 Å². The smallest absolute Gasteiger partial charge is 0.303 e. The Hall–Kier alpha value is -2.06. The van der Waals surface area contributed by atoms with Crippen molar-refractivity contribution in [3.05, 3.63) is 23.8 Å². The molecule has 7 nitrogen and oxygen atoms in total. The number of carboxylic acids is 1. The number of anilines is 2. The molecule has 1 fully saturated rings. The second-order valence-corrected chi connectivity index (χ2v) is 8.35. The monoisotopic (exact) mass is 422 g/mol. The van der Waals surface area contributed by atoms with Gasteiger partial charge in [0.05, 0.1) is 18.3 Å². The average molecular weight is 423 g/mol. The first kappa shape index (κ1) is 23.2. The predicted molar refractivity (Wildman–Crippen MR) is 115 cm³/mol. The summed E-state index contributed by atoms with van der Waals surface area (Å²) in [5, 5.41) is 11.4. The van der Waals surface area contributed by atoms with Gasteiger partial charge in [-0.15, -0.1) is 0 Å². The number of aliphatic carboxylic acids is 1. The molecule has 0 aromatic heterocycles. The lowest BCUT2D eigenvalue weighted by atomic mass is 9.98. The lowest BCUT2D eigenvalue weighted by Gasteiger charge is -2.21. The van der Waals surface area contributed by atoms with Crippen molar-refractivity contribution in [1.82, 2.24) is 0 Å². The highest BCUT2D eigenvalue weighted by molar-refractivity contribution is 7.99. The summed E-state index contributed by atoms with van der Waals surface area (Å²) in [7, 11) is 0. The van der Waals surface area contributed by atoms with E-state index in [2.05, 4.69) is 5.32 Å². The fraction of sp³-hybridized carbons (Fsp3) is 0.571. The standard InChI is InChI=1S/C21H30N2O5S/c22-16-11-15(19(24)7-8-21(26)27)12-17(13-16)23-20(25)14-29-10-4-9-28-18-5-2-1-3-6-18/h11-13,18H,1-10,14,22H2,(H,23,25)(H,26,27). The summed E-state index contributed by atoms with van der Waals surface area (Å²) in [6.07, 6.45) is 7.14. The van der Waals surface area contributed by atoms with Crippen LogP contribution in [0.1, 0.15) is 61.7 Å². The normalized spacial score (nSPS) is 14.5. The van der Waals surface area contributed by atoms with E-state index in [-0.39, 0.29) is 24.5 Å². The molecule has 0 spiro atoms. The number of nitrogen functional groups attached to an aromatic ring is 1. The van der Waals surface area contributed by atoms with E-state index in [1.54, 1.807) is 6.07 Å². The molecule has 1 saturated carbocycles. The van der Waals surface area contributed by atoms with Gasteiger partial charge in [-0.2, -0.15) is 11.8 Å². The Morgan fingerprint density at radius 3 is 2.62 bits per heavy atom. The highest BCUT2D eigenvalue weighted by Gasteiger charge is 2.14. The van der Waals surface area contributed by atoms with Gasteiger partial charge >= 0.3 is 5.97 Å². The van der Waals surface area contributed by atoms with Gasteiger partial charge in [0.15, 0.2) is 5.78 Å². The molecule has 0 atom stereocenters. The Labute approximate surface area is 175 Å². The summed E-state index contributed by atoms with van der Waals surface area (Å²) >= 11 is 1.54. The maximum Gasteiger partial charge on any atom is 0.303 e. The van der Waals surface area contributed by atoms with Gasteiger partial charge in [-0.3, -0.25) is 14.4 Å². The third-order valence-electron chi connectivity index (χ3n) is 4.70. The van der Waals surface area contributed by atoms with Gasteiger partial charge in [-0.05, 0) is 43.2 Å². The first-order valence-corrected chi connectivity index (χ1v) is 11.2. The van der Waals surface area contributed by atoms with Gasteiger partial charge in [-0.25, -0.2) is 0 Å². The van der Waals surface area contributed by atoms with Crippen molar-refractivity contribution >= 4 is 40.8 Å². The lowest BCUT2D eigenvalue weighted by Crippen LogP contribution is -2.18. The Morgan fingerprint density at radius 1 is 1.14 bits per heavy atom. The number of carboxylic acid groups (broad SMARTS) is 1. The van der Waals surface area contributed by atoms with E-state index < -0.39 is 5.97 Å². The SMILES string of the molecule is Nc1cc(NC(=O)CSCCCOC2CCCCC2)cc(C(=O)CCC(=O)O)c1. The minimum atomic E-state index is -1.03. The first-order chi connectivity index (χ1) is 13.9. The minimum Gasteiger partial charge on any atom is -0.481 e. The van der Waals surface area contributed by atoms with Crippen LogP contribution in [0.25, 0.3) is 0 Å². The number of ether oxygens (including phenoxy) is 1. The highest BCUT2D eigenvalue weighted by atomic mass is 32.2. The number of benzene rings is 1. The van der Waals surface area contributed by atoms with E-state index in [1.165, 1.54) is 43.2 Å². The zero-order valence-electron chi connectivity index (χ0n) is 16.7. The fourth-order valence-electron chi connectivity index (χ4n) is 3.25. The molecule has 1 amide bonds. The second kappa shape index (κ2) is 12.5. The van der Waals surface area contributed by atoms with E-state index in [0.717, 1.165) is 31.6 Å². The number of hydrogen-bond acceptors (Lipinski definition) is 6. The average Bonchev–Trinajstić information content (AvgIpc) is 2.69. The van der Waals surface area contributed by atoms with Crippen molar-refractivity contribution in [3.63, 3.8) is 0 Å². The molecule has 0 aliphatic heterocycles.